The summed E-state index contributed by atoms with van der Waals surface area (Å²) in [5.74, 6) is 1.49. The smallest absolute Gasteiger partial charge is 0.162 e. The van der Waals surface area contributed by atoms with Crippen LogP contribution in [-0.4, -0.2) is 13.2 Å². The normalized spacial score (nSPS) is 12.2. The molecule has 1 atom stereocenters. The Hall–Kier alpha value is -0.410. The molecular formula is C16H24BrClO2. The number of halogens is 2. The fourth-order valence-electron chi connectivity index (χ4n) is 2.06. The Morgan fingerprint density at radius 1 is 1.05 bits per heavy atom. The van der Waals surface area contributed by atoms with Crippen molar-refractivity contribution < 1.29 is 9.47 Å². The minimum Gasteiger partial charge on any atom is -0.490 e. The van der Waals surface area contributed by atoms with Gasteiger partial charge in [0.1, 0.15) is 0 Å². The number of rotatable bonds is 9. The minimum atomic E-state index is 0.261. The summed E-state index contributed by atoms with van der Waals surface area (Å²) >= 11 is 10.1. The minimum absolute atomic E-state index is 0.261. The summed E-state index contributed by atoms with van der Waals surface area (Å²) in [4.78, 5) is 0.261. The van der Waals surface area contributed by atoms with Crippen molar-refractivity contribution in [2.45, 2.75) is 51.3 Å². The molecule has 1 unspecified atom stereocenters. The molecular weight excluding hydrogens is 340 g/mol. The van der Waals surface area contributed by atoms with Gasteiger partial charge < -0.3 is 9.47 Å². The molecule has 0 bridgehead atoms. The summed E-state index contributed by atoms with van der Waals surface area (Å²) in [6.45, 7) is 7.35. The average Bonchev–Trinajstić information content (AvgIpc) is 2.42. The lowest BCUT2D eigenvalue weighted by Crippen LogP contribution is -2.01. The molecule has 0 saturated carbocycles. The molecule has 1 aromatic rings. The molecule has 20 heavy (non-hydrogen) atoms. The molecule has 0 aromatic heterocycles. The second kappa shape index (κ2) is 9.51. The highest BCUT2D eigenvalue weighted by Gasteiger charge is 2.16. The molecule has 0 aliphatic heterocycles. The van der Waals surface area contributed by atoms with Crippen LogP contribution in [0.3, 0.4) is 0 Å². The third kappa shape index (κ3) is 5.17. The standard InChI is InChI=1S/C16H24BrClO2/c1-4-7-8-9-13(17)12-10-15(19-5-2)16(20-6-3)11-14(12)18/h10-11,13H,4-9H2,1-3H3. The van der Waals surface area contributed by atoms with Gasteiger partial charge in [0.2, 0.25) is 0 Å². The lowest BCUT2D eigenvalue weighted by atomic mass is 10.1. The average molecular weight is 364 g/mol. The van der Waals surface area contributed by atoms with Crippen molar-refractivity contribution in [3.05, 3.63) is 22.7 Å². The molecule has 2 nitrogen and oxygen atoms in total. The van der Waals surface area contributed by atoms with E-state index < -0.39 is 0 Å². The predicted molar refractivity (Wildman–Crippen MR) is 89.6 cm³/mol. The van der Waals surface area contributed by atoms with Gasteiger partial charge in [0, 0.05) is 15.9 Å². The second-order valence-corrected chi connectivity index (χ2v) is 6.16. The lowest BCUT2D eigenvalue weighted by molar-refractivity contribution is 0.287. The van der Waals surface area contributed by atoms with Gasteiger partial charge in [-0.1, -0.05) is 53.7 Å². The van der Waals surface area contributed by atoms with E-state index in [1.807, 2.05) is 26.0 Å². The monoisotopic (exact) mass is 362 g/mol. The Morgan fingerprint density at radius 2 is 1.65 bits per heavy atom. The Balaban J connectivity index is 2.92. The topological polar surface area (TPSA) is 18.5 Å². The SMILES string of the molecule is CCCCCC(Br)c1cc(OCC)c(OCC)cc1Cl. The summed E-state index contributed by atoms with van der Waals surface area (Å²) < 4.78 is 11.2. The maximum Gasteiger partial charge on any atom is 0.162 e. The van der Waals surface area contributed by atoms with E-state index in [0.29, 0.717) is 13.2 Å². The molecule has 4 heteroatoms. The molecule has 0 heterocycles. The summed E-state index contributed by atoms with van der Waals surface area (Å²) in [5, 5.41) is 0.732. The number of alkyl halides is 1. The van der Waals surface area contributed by atoms with Crippen LogP contribution in [0.15, 0.2) is 12.1 Å². The molecule has 0 saturated heterocycles. The highest BCUT2D eigenvalue weighted by atomic mass is 79.9. The number of hydrogen-bond acceptors (Lipinski definition) is 2. The largest absolute Gasteiger partial charge is 0.490 e. The molecule has 114 valence electrons. The van der Waals surface area contributed by atoms with Crippen LogP contribution in [0.4, 0.5) is 0 Å². The molecule has 0 amide bonds. The van der Waals surface area contributed by atoms with Gasteiger partial charge in [0.05, 0.1) is 13.2 Å². The van der Waals surface area contributed by atoms with Crippen molar-refractivity contribution in [3.63, 3.8) is 0 Å². The Bertz CT molecular complexity index is 410. The molecule has 0 N–H and O–H groups in total. The molecule has 0 fully saturated rings. The van der Waals surface area contributed by atoms with E-state index in [1.165, 1.54) is 19.3 Å². The van der Waals surface area contributed by atoms with Gasteiger partial charge in [-0.25, -0.2) is 0 Å². The maximum atomic E-state index is 6.38. The summed E-state index contributed by atoms with van der Waals surface area (Å²) in [6, 6.07) is 3.86. The Labute approximate surface area is 135 Å². The van der Waals surface area contributed by atoms with Gasteiger partial charge >= 0.3 is 0 Å². The van der Waals surface area contributed by atoms with E-state index in [1.54, 1.807) is 0 Å². The summed E-state index contributed by atoms with van der Waals surface area (Å²) in [7, 11) is 0. The van der Waals surface area contributed by atoms with Crippen molar-refractivity contribution >= 4 is 27.5 Å². The molecule has 1 rings (SSSR count). The van der Waals surface area contributed by atoms with Gasteiger partial charge in [-0.15, -0.1) is 0 Å². The number of unbranched alkanes of at least 4 members (excludes halogenated alkanes) is 2. The van der Waals surface area contributed by atoms with Crippen LogP contribution in [0.5, 0.6) is 11.5 Å². The second-order valence-electron chi connectivity index (χ2n) is 4.65. The van der Waals surface area contributed by atoms with Crippen molar-refractivity contribution in [1.82, 2.24) is 0 Å². The van der Waals surface area contributed by atoms with E-state index in [0.717, 1.165) is 28.5 Å². The van der Waals surface area contributed by atoms with Crippen molar-refractivity contribution in [2.24, 2.45) is 0 Å². The first-order valence-electron chi connectivity index (χ1n) is 7.37. The molecule has 0 aliphatic rings. The van der Waals surface area contributed by atoms with Gasteiger partial charge in [0.15, 0.2) is 11.5 Å². The van der Waals surface area contributed by atoms with Crippen LogP contribution in [0.25, 0.3) is 0 Å². The van der Waals surface area contributed by atoms with Gasteiger partial charge in [-0.05, 0) is 31.9 Å². The Kier molecular flexibility index (Phi) is 8.39. The van der Waals surface area contributed by atoms with Crippen LogP contribution in [0.2, 0.25) is 5.02 Å². The van der Waals surface area contributed by atoms with E-state index in [9.17, 15) is 0 Å². The number of ether oxygens (including phenoxy) is 2. The zero-order valence-electron chi connectivity index (χ0n) is 12.5. The highest BCUT2D eigenvalue weighted by molar-refractivity contribution is 9.09. The number of hydrogen-bond donors (Lipinski definition) is 0. The van der Waals surface area contributed by atoms with E-state index >= 15 is 0 Å². The molecule has 0 aliphatic carbocycles. The molecule has 0 spiro atoms. The van der Waals surface area contributed by atoms with Gasteiger partial charge in [-0.2, -0.15) is 0 Å². The number of benzene rings is 1. The van der Waals surface area contributed by atoms with Crippen LogP contribution < -0.4 is 9.47 Å². The van der Waals surface area contributed by atoms with Gasteiger partial charge in [-0.3, -0.25) is 0 Å². The first-order chi connectivity index (χ1) is 9.63. The van der Waals surface area contributed by atoms with E-state index in [2.05, 4.69) is 22.9 Å². The highest BCUT2D eigenvalue weighted by Crippen LogP contribution is 2.40. The fraction of sp³-hybridized carbons (Fsp3) is 0.625. The molecule has 0 radical (unpaired) electrons. The third-order valence-electron chi connectivity index (χ3n) is 3.06. The third-order valence-corrected chi connectivity index (χ3v) is 4.34. The van der Waals surface area contributed by atoms with Gasteiger partial charge in [0.25, 0.3) is 0 Å². The first kappa shape index (κ1) is 17.6. The lowest BCUT2D eigenvalue weighted by Gasteiger charge is -2.17. The first-order valence-corrected chi connectivity index (χ1v) is 8.66. The van der Waals surface area contributed by atoms with Crippen LogP contribution in [0, 0.1) is 0 Å². The van der Waals surface area contributed by atoms with Crippen LogP contribution in [0.1, 0.15) is 56.8 Å². The fourth-order valence-corrected chi connectivity index (χ4v) is 3.18. The van der Waals surface area contributed by atoms with Crippen molar-refractivity contribution in [3.8, 4) is 11.5 Å². The van der Waals surface area contributed by atoms with E-state index in [-0.39, 0.29) is 4.83 Å². The maximum absolute atomic E-state index is 6.38. The Morgan fingerprint density at radius 3 is 2.20 bits per heavy atom. The predicted octanol–water partition coefficient (Wildman–Crippen LogP) is 6.15. The quantitative estimate of drug-likeness (QED) is 0.387. The van der Waals surface area contributed by atoms with Crippen LogP contribution >= 0.6 is 27.5 Å². The van der Waals surface area contributed by atoms with E-state index in [4.69, 9.17) is 21.1 Å². The van der Waals surface area contributed by atoms with Crippen molar-refractivity contribution in [2.75, 3.05) is 13.2 Å². The van der Waals surface area contributed by atoms with Crippen molar-refractivity contribution in [1.29, 1.82) is 0 Å². The summed E-state index contributed by atoms with van der Waals surface area (Å²) in [6.07, 6.45) is 4.74. The zero-order valence-corrected chi connectivity index (χ0v) is 14.9. The summed E-state index contributed by atoms with van der Waals surface area (Å²) in [5.41, 5.74) is 1.08. The molecule has 1 aromatic carbocycles. The van der Waals surface area contributed by atoms with Crippen LogP contribution in [-0.2, 0) is 0 Å². The zero-order chi connectivity index (χ0) is 15.0.